The highest BCUT2D eigenvalue weighted by Gasteiger charge is 2.38. The van der Waals surface area contributed by atoms with Crippen LogP contribution in [0.2, 0.25) is 0 Å². The predicted molar refractivity (Wildman–Crippen MR) is 71.3 cm³/mol. The van der Waals surface area contributed by atoms with Crippen LogP contribution in [0.5, 0.6) is 0 Å². The molecular weight excluding hydrogens is 260 g/mol. The molecule has 0 spiro atoms. The number of carboxylic acid groups (broad SMARTS) is 1. The van der Waals surface area contributed by atoms with Crippen molar-refractivity contribution >= 4 is 11.9 Å². The first-order valence-corrected chi connectivity index (χ1v) is 7.56. The molecule has 0 aliphatic carbocycles. The number of carbonyl (C=O) groups excluding carboxylic acids is 1. The molecule has 20 heavy (non-hydrogen) atoms. The summed E-state index contributed by atoms with van der Waals surface area (Å²) in [5, 5.41) is 8.93. The molecule has 0 saturated carbocycles. The van der Waals surface area contributed by atoms with Crippen LogP contribution in [0.4, 0.5) is 0 Å². The van der Waals surface area contributed by atoms with Crippen molar-refractivity contribution in [1.29, 1.82) is 0 Å². The Morgan fingerprint density at radius 1 is 1.00 bits per heavy atom. The highest BCUT2D eigenvalue weighted by molar-refractivity contribution is 5.82. The van der Waals surface area contributed by atoms with Crippen LogP contribution in [0.15, 0.2) is 0 Å². The second-order valence-electron chi connectivity index (χ2n) is 6.00. The topological polar surface area (TPSA) is 70.1 Å². The van der Waals surface area contributed by atoms with E-state index in [9.17, 15) is 9.59 Å². The van der Waals surface area contributed by atoms with E-state index in [0.717, 1.165) is 39.0 Å². The number of aliphatic carboxylic acids is 1. The average Bonchev–Trinajstić information content (AvgIpc) is 3.03. The molecule has 0 aromatic heterocycles. The van der Waals surface area contributed by atoms with Gasteiger partial charge >= 0.3 is 5.97 Å². The zero-order valence-electron chi connectivity index (χ0n) is 11.7. The smallest absolute Gasteiger partial charge is 0.332 e. The number of carboxylic acids is 1. The van der Waals surface area contributed by atoms with Gasteiger partial charge in [-0.15, -0.1) is 0 Å². The first-order chi connectivity index (χ1) is 9.65. The van der Waals surface area contributed by atoms with Gasteiger partial charge in [0.05, 0.1) is 0 Å². The molecule has 112 valence electrons. The van der Waals surface area contributed by atoms with Crippen LogP contribution in [-0.4, -0.2) is 71.2 Å². The third kappa shape index (κ3) is 2.67. The van der Waals surface area contributed by atoms with E-state index in [2.05, 4.69) is 4.90 Å². The zero-order chi connectivity index (χ0) is 14.1. The summed E-state index contributed by atoms with van der Waals surface area (Å²) in [6, 6.07) is 0.484. The van der Waals surface area contributed by atoms with Crippen molar-refractivity contribution in [2.45, 2.75) is 50.4 Å². The third-order valence-electron chi connectivity index (χ3n) is 4.69. The van der Waals surface area contributed by atoms with Crippen molar-refractivity contribution in [1.82, 2.24) is 9.80 Å². The first kappa shape index (κ1) is 13.8. The van der Waals surface area contributed by atoms with Gasteiger partial charge in [0.25, 0.3) is 5.91 Å². The van der Waals surface area contributed by atoms with Gasteiger partial charge in [0, 0.05) is 25.7 Å². The van der Waals surface area contributed by atoms with Crippen molar-refractivity contribution < 1.29 is 19.4 Å². The van der Waals surface area contributed by atoms with Crippen LogP contribution in [0, 0.1) is 0 Å². The van der Waals surface area contributed by atoms with E-state index in [1.807, 2.05) is 4.90 Å². The summed E-state index contributed by atoms with van der Waals surface area (Å²) in [5.74, 6) is -0.972. The lowest BCUT2D eigenvalue weighted by Gasteiger charge is -2.27. The lowest BCUT2D eigenvalue weighted by atomic mass is 10.1. The summed E-state index contributed by atoms with van der Waals surface area (Å²) in [7, 11) is 0. The van der Waals surface area contributed by atoms with Gasteiger partial charge in [-0.2, -0.15) is 0 Å². The molecule has 3 unspecified atom stereocenters. The van der Waals surface area contributed by atoms with Crippen LogP contribution in [0.1, 0.15) is 32.1 Å². The summed E-state index contributed by atoms with van der Waals surface area (Å²) in [6.07, 6.45) is 2.98. The monoisotopic (exact) mass is 282 g/mol. The van der Waals surface area contributed by atoms with E-state index in [1.165, 1.54) is 6.42 Å². The highest BCUT2D eigenvalue weighted by Crippen LogP contribution is 2.25. The SMILES string of the molecule is O=C(O)C1CCC(C(=O)N2CCCN3CCCC3C2)O1. The molecule has 6 nitrogen and oxygen atoms in total. The second kappa shape index (κ2) is 5.69. The number of amides is 1. The number of carbonyl (C=O) groups is 2. The quantitative estimate of drug-likeness (QED) is 0.789. The second-order valence-corrected chi connectivity index (χ2v) is 6.00. The average molecular weight is 282 g/mol. The molecule has 3 rings (SSSR count). The van der Waals surface area contributed by atoms with Crippen molar-refractivity contribution in [2.75, 3.05) is 26.2 Å². The summed E-state index contributed by atoms with van der Waals surface area (Å²) in [5.41, 5.74) is 0. The van der Waals surface area contributed by atoms with Gasteiger partial charge in [0.15, 0.2) is 6.10 Å². The molecule has 0 aromatic rings. The van der Waals surface area contributed by atoms with Gasteiger partial charge in [-0.25, -0.2) is 4.79 Å². The minimum Gasteiger partial charge on any atom is -0.479 e. The van der Waals surface area contributed by atoms with Gasteiger partial charge < -0.3 is 14.7 Å². The first-order valence-electron chi connectivity index (χ1n) is 7.56. The Labute approximate surface area is 118 Å². The molecule has 1 amide bonds. The van der Waals surface area contributed by atoms with E-state index in [1.54, 1.807) is 0 Å². The molecule has 3 atom stereocenters. The fourth-order valence-corrected chi connectivity index (χ4v) is 3.61. The van der Waals surface area contributed by atoms with E-state index in [-0.39, 0.29) is 5.91 Å². The molecule has 0 aromatic carbocycles. The van der Waals surface area contributed by atoms with Crippen molar-refractivity contribution in [3.05, 3.63) is 0 Å². The zero-order valence-corrected chi connectivity index (χ0v) is 11.7. The summed E-state index contributed by atoms with van der Waals surface area (Å²) < 4.78 is 5.39. The van der Waals surface area contributed by atoms with Gasteiger partial charge in [0.2, 0.25) is 0 Å². The minimum atomic E-state index is -0.960. The number of nitrogens with zero attached hydrogens (tertiary/aromatic N) is 2. The number of rotatable bonds is 2. The van der Waals surface area contributed by atoms with E-state index < -0.39 is 18.2 Å². The molecule has 0 radical (unpaired) electrons. The Balaban J connectivity index is 1.60. The summed E-state index contributed by atoms with van der Waals surface area (Å²) in [6.45, 7) is 3.76. The van der Waals surface area contributed by atoms with Crippen molar-refractivity contribution in [3.63, 3.8) is 0 Å². The van der Waals surface area contributed by atoms with Crippen LogP contribution in [0.25, 0.3) is 0 Å². The van der Waals surface area contributed by atoms with Crippen LogP contribution >= 0.6 is 0 Å². The normalized spacial score (nSPS) is 34.8. The van der Waals surface area contributed by atoms with Gasteiger partial charge in [-0.1, -0.05) is 0 Å². The maximum Gasteiger partial charge on any atom is 0.332 e. The fourth-order valence-electron chi connectivity index (χ4n) is 3.61. The van der Waals surface area contributed by atoms with Crippen LogP contribution < -0.4 is 0 Å². The lowest BCUT2D eigenvalue weighted by Crippen LogP contribution is -2.44. The molecular formula is C14H22N2O4. The Morgan fingerprint density at radius 3 is 2.50 bits per heavy atom. The molecule has 3 aliphatic rings. The van der Waals surface area contributed by atoms with E-state index in [4.69, 9.17) is 9.84 Å². The Morgan fingerprint density at radius 2 is 1.75 bits per heavy atom. The van der Waals surface area contributed by atoms with Crippen molar-refractivity contribution in [2.24, 2.45) is 0 Å². The number of ether oxygens (including phenoxy) is 1. The molecule has 0 bridgehead atoms. The van der Waals surface area contributed by atoms with E-state index >= 15 is 0 Å². The van der Waals surface area contributed by atoms with Crippen LogP contribution in [-0.2, 0) is 14.3 Å². The van der Waals surface area contributed by atoms with Gasteiger partial charge in [-0.05, 0) is 38.6 Å². The predicted octanol–water partition coefficient (Wildman–Crippen LogP) is 0.315. The van der Waals surface area contributed by atoms with Gasteiger partial charge in [-0.3, -0.25) is 9.69 Å². The number of hydrogen-bond acceptors (Lipinski definition) is 4. The molecule has 3 aliphatic heterocycles. The highest BCUT2D eigenvalue weighted by atomic mass is 16.5. The summed E-state index contributed by atoms with van der Waals surface area (Å²) in [4.78, 5) is 27.8. The molecule has 3 heterocycles. The molecule has 3 saturated heterocycles. The van der Waals surface area contributed by atoms with E-state index in [0.29, 0.717) is 18.9 Å². The number of hydrogen-bond donors (Lipinski definition) is 1. The maximum absolute atomic E-state index is 12.5. The van der Waals surface area contributed by atoms with Gasteiger partial charge in [0.1, 0.15) is 6.10 Å². The molecule has 1 N–H and O–H groups in total. The Bertz CT molecular complexity index is 401. The van der Waals surface area contributed by atoms with Crippen molar-refractivity contribution in [3.8, 4) is 0 Å². The largest absolute Gasteiger partial charge is 0.479 e. The Kier molecular flexibility index (Phi) is 3.94. The number of fused-ring (bicyclic) bond motifs is 1. The lowest BCUT2D eigenvalue weighted by molar-refractivity contribution is -0.154. The molecule has 6 heteroatoms. The molecule has 3 fully saturated rings. The third-order valence-corrected chi connectivity index (χ3v) is 4.69. The minimum absolute atomic E-state index is 0.0116. The summed E-state index contributed by atoms with van der Waals surface area (Å²) >= 11 is 0. The standard InChI is InChI=1S/C14H22N2O4/c17-13(11-4-5-12(20-11)14(18)19)16-8-2-7-15-6-1-3-10(15)9-16/h10-12H,1-9H2,(H,18,19). The van der Waals surface area contributed by atoms with Crippen LogP contribution in [0.3, 0.4) is 0 Å². The Hall–Kier alpha value is -1.14. The fraction of sp³-hybridized carbons (Fsp3) is 0.857. The maximum atomic E-state index is 12.5.